The minimum absolute atomic E-state index is 0.0728. The van der Waals surface area contributed by atoms with Gasteiger partial charge in [-0.2, -0.15) is 0 Å². The first-order valence-electron chi connectivity index (χ1n) is 12.4. The fraction of sp³-hybridized carbons (Fsp3) is 0.143. The maximum atomic E-state index is 8.54. The molecule has 0 bridgehead atoms. The quantitative estimate of drug-likeness (QED) is 0.380. The average molecular weight is 314 g/mol. The minimum atomic E-state index is -0.579. The van der Waals surface area contributed by atoms with E-state index in [1.165, 1.54) is 0 Å². The van der Waals surface area contributed by atoms with Crippen molar-refractivity contribution >= 4 is 31.5 Å². The molecule has 0 saturated carbocycles. The molecule has 0 aliphatic rings. The Kier molecular flexibility index (Phi) is 1.48. The van der Waals surface area contributed by atoms with Crippen molar-refractivity contribution in [3.8, 4) is 11.1 Å². The molecule has 0 aliphatic carbocycles. The smallest absolute Gasteiger partial charge is 0.0630 e. The van der Waals surface area contributed by atoms with Gasteiger partial charge < -0.3 is 0 Å². The number of hydrogen-bond donors (Lipinski definition) is 0. The summed E-state index contributed by atoms with van der Waals surface area (Å²) >= 11 is 1.06. The number of benzene rings is 3. The van der Waals surface area contributed by atoms with E-state index in [9.17, 15) is 0 Å². The molecule has 0 nitrogen and oxygen atoms in total. The van der Waals surface area contributed by atoms with E-state index in [1.807, 2.05) is 13.8 Å². The van der Waals surface area contributed by atoms with Crippen LogP contribution in [0.15, 0.2) is 66.5 Å². The molecule has 1 heteroatoms. The van der Waals surface area contributed by atoms with Crippen molar-refractivity contribution in [1.82, 2.24) is 0 Å². The molecular weight excluding hydrogens is 284 g/mol. The molecule has 22 heavy (non-hydrogen) atoms. The highest BCUT2D eigenvalue weighted by molar-refractivity contribution is 7.26. The van der Waals surface area contributed by atoms with Gasteiger partial charge >= 0.3 is 0 Å². The zero-order valence-electron chi connectivity index (χ0n) is 23.0. The van der Waals surface area contributed by atoms with E-state index in [4.69, 9.17) is 15.1 Å². The standard InChI is InChI=1S/C21H18S/c1-14(2)16-10-6-12-18-19-13-7-11-17(21(19)22-20(16)18)15-8-4-3-5-9-15/h3-14H,1-2H3/i3D,4D,5D,6D,7D,8D,9D,10D,11D,12D,13D. The molecule has 0 radical (unpaired) electrons. The topological polar surface area (TPSA) is 0 Å². The van der Waals surface area contributed by atoms with Gasteiger partial charge in [-0.05, 0) is 22.6 Å². The van der Waals surface area contributed by atoms with Gasteiger partial charge in [-0.15, -0.1) is 11.3 Å². The maximum absolute atomic E-state index is 8.54. The summed E-state index contributed by atoms with van der Waals surface area (Å²) in [5, 5.41) is 0.338. The lowest BCUT2D eigenvalue weighted by atomic mass is 9.99. The van der Waals surface area contributed by atoms with Crippen molar-refractivity contribution in [3.63, 3.8) is 0 Å². The summed E-state index contributed by atoms with van der Waals surface area (Å²) in [5.74, 6) is -0.193. The van der Waals surface area contributed by atoms with Crippen molar-refractivity contribution in [2.75, 3.05) is 0 Å². The molecule has 0 spiro atoms. The lowest BCUT2D eigenvalue weighted by Crippen LogP contribution is -1.85. The molecule has 1 heterocycles. The summed E-state index contributed by atoms with van der Waals surface area (Å²) < 4.78 is 91.9. The molecule has 108 valence electrons. The Morgan fingerprint density at radius 1 is 0.773 bits per heavy atom. The zero-order chi connectivity index (χ0) is 24.7. The molecule has 0 saturated heterocycles. The van der Waals surface area contributed by atoms with Crippen LogP contribution in [0, 0.1) is 0 Å². The normalized spacial score (nSPS) is 18.6. The highest BCUT2D eigenvalue weighted by atomic mass is 32.1. The minimum Gasteiger partial charge on any atom is -0.134 e. The Hall–Kier alpha value is -2.12. The molecule has 3 aromatic carbocycles. The third-order valence-corrected chi connectivity index (χ3v) is 4.71. The van der Waals surface area contributed by atoms with Crippen molar-refractivity contribution in [1.29, 1.82) is 0 Å². The van der Waals surface area contributed by atoms with Crippen LogP contribution in [0.3, 0.4) is 0 Å². The first-order chi connectivity index (χ1) is 15.3. The van der Waals surface area contributed by atoms with Gasteiger partial charge in [-0.25, -0.2) is 0 Å². The molecule has 0 aliphatic heterocycles. The number of thiophene rings is 1. The van der Waals surface area contributed by atoms with E-state index in [2.05, 4.69) is 0 Å². The largest absolute Gasteiger partial charge is 0.134 e. The van der Waals surface area contributed by atoms with Crippen LogP contribution >= 0.6 is 11.3 Å². The summed E-state index contributed by atoms with van der Waals surface area (Å²) in [7, 11) is 0. The molecule has 0 N–H and O–H groups in total. The monoisotopic (exact) mass is 313 g/mol. The Bertz CT molecular complexity index is 1470. The molecule has 0 fully saturated rings. The van der Waals surface area contributed by atoms with Gasteiger partial charge in [0.2, 0.25) is 0 Å². The van der Waals surface area contributed by atoms with Gasteiger partial charge in [0.05, 0.1) is 15.1 Å². The Labute approximate surface area is 150 Å². The SMILES string of the molecule is [2H]c1c([2H])c([2H])c(-c2c([2H])c([2H])c([2H])c3c2sc2c(C(C)C)c([2H])c([2H])c([2H])c23)c([2H])c1[2H]. The second-order valence-corrected chi connectivity index (χ2v) is 6.22. The molecule has 4 rings (SSSR count). The summed E-state index contributed by atoms with van der Waals surface area (Å²) in [4.78, 5) is 0. The van der Waals surface area contributed by atoms with Crippen LogP contribution in [0.25, 0.3) is 31.3 Å². The van der Waals surface area contributed by atoms with E-state index >= 15 is 0 Å². The van der Waals surface area contributed by atoms with Crippen molar-refractivity contribution in [2.24, 2.45) is 0 Å². The summed E-state index contributed by atoms with van der Waals surface area (Å²) in [6.07, 6.45) is 0. The van der Waals surface area contributed by atoms with Crippen molar-refractivity contribution < 1.29 is 15.1 Å². The zero-order valence-corrected chi connectivity index (χ0v) is 12.8. The van der Waals surface area contributed by atoms with Crippen LogP contribution in [0.5, 0.6) is 0 Å². The van der Waals surface area contributed by atoms with Gasteiger partial charge in [0.25, 0.3) is 0 Å². The number of fused-ring (bicyclic) bond motifs is 3. The van der Waals surface area contributed by atoms with E-state index < -0.39 is 42.3 Å². The third kappa shape index (κ3) is 2.05. The fourth-order valence-electron chi connectivity index (χ4n) is 2.42. The van der Waals surface area contributed by atoms with Gasteiger partial charge in [-0.1, -0.05) is 80.3 Å². The number of hydrogen-bond acceptors (Lipinski definition) is 1. The predicted molar refractivity (Wildman–Crippen MR) is 98.9 cm³/mol. The van der Waals surface area contributed by atoms with Crippen LogP contribution in [-0.4, -0.2) is 0 Å². The lowest BCUT2D eigenvalue weighted by molar-refractivity contribution is 0.878. The number of rotatable bonds is 2. The molecule has 4 aromatic rings. The maximum Gasteiger partial charge on any atom is 0.0630 e. The van der Waals surface area contributed by atoms with Crippen LogP contribution in [0.4, 0.5) is 0 Å². The summed E-state index contributed by atoms with van der Waals surface area (Å²) in [5.41, 5.74) is 0.180. The van der Waals surface area contributed by atoms with Crippen molar-refractivity contribution in [2.45, 2.75) is 19.8 Å². The molecule has 0 atom stereocenters. The Balaban J connectivity index is 2.37. The van der Waals surface area contributed by atoms with Crippen molar-refractivity contribution in [3.05, 3.63) is 72.0 Å². The molecule has 0 unspecified atom stereocenters. The van der Waals surface area contributed by atoms with E-state index in [-0.39, 0.29) is 56.7 Å². The Morgan fingerprint density at radius 2 is 1.45 bits per heavy atom. The van der Waals surface area contributed by atoms with E-state index in [0.29, 0.717) is 10.3 Å². The fourth-order valence-corrected chi connectivity index (χ4v) is 3.79. The van der Waals surface area contributed by atoms with E-state index in [0.717, 1.165) is 11.3 Å². The first kappa shape index (κ1) is 6.17. The van der Waals surface area contributed by atoms with Crippen LogP contribution in [0.2, 0.25) is 0 Å². The van der Waals surface area contributed by atoms with Gasteiger partial charge in [0.1, 0.15) is 0 Å². The van der Waals surface area contributed by atoms with Crippen LogP contribution in [0.1, 0.15) is 40.4 Å². The first-order valence-corrected chi connectivity index (χ1v) is 7.67. The van der Waals surface area contributed by atoms with Crippen LogP contribution < -0.4 is 0 Å². The van der Waals surface area contributed by atoms with Crippen LogP contribution in [-0.2, 0) is 0 Å². The highest BCUT2D eigenvalue weighted by Crippen LogP contribution is 2.42. The van der Waals surface area contributed by atoms with Gasteiger partial charge in [0.15, 0.2) is 0 Å². The lowest BCUT2D eigenvalue weighted by Gasteiger charge is -2.05. The second kappa shape index (κ2) is 5.26. The molecular formula is C21H18S. The molecule has 1 aromatic heterocycles. The summed E-state index contributed by atoms with van der Waals surface area (Å²) in [6.45, 7) is 3.67. The Morgan fingerprint density at radius 3 is 2.18 bits per heavy atom. The predicted octanol–water partition coefficient (Wildman–Crippen LogP) is 6.84. The van der Waals surface area contributed by atoms with E-state index in [1.54, 1.807) is 0 Å². The van der Waals surface area contributed by atoms with Gasteiger partial charge in [-0.3, -0.25) is 0 Å². The molecule has 0 amide bonds. The second-order valence-electron chi connectivity index (χ2n) is 5.20. The summed E-state index contributed by atoms with van der Waals surface area (Å²) in [6, 6.07) is -4.77. The third-order valence-electron chi connectivity index (χ3n) is 3.47. The average Bonchev–Trinajstić information content (AvgIpc) is 3.15. The van der Waals surface area contributed by atoms with Gasteiger partial charge in [0, 0.05) is 20.2 Å². The highest BCUT2D eigenvalue weighted by Gasteiger charge is 2.13.